The van der Waals surface area contributed by atoms with Crippen molar-refractivity contribution >= 4 is 34.0 Å². The molecule has 0 radical (unpaired) electrons. The van der Waals surface area contributed by atoms with E-state index in [9.17, 15) is 4.79 Å². The minimum absolute atomic E-state index is 0.289. The van der Waals surface area contributed by atoms with Gasteiger partial charge in [0, 0.05) is 6.54 Å². The lowest BCUT2D eigenvalue weighted by Crippen LogP contribution is -2.12. The number of fused-ring (bicyclic) bond motifs is 2. The van der Waals surface area contributed by atoms with Crippen LogP contribution >= 0.6 is 0 Å². The highest BCUT2D eigenvalue weighted by Gasteiger charge is 2.25. The first-order chi connectivity index (χ1) is 15.5. The second-order valence-electron chi connectivity index (χ2n) is 8.21. The van der Waals surface area contributed by atoms with Crippen LogP contribution in [-0.2, 0) is 17.7 Å². The molecule has 0 aliphatic heterocycles. The Hall–Kier alpha value is -3.61. The minimum Gasteiger partial charge on any atom is -0.497 e. The van der Waals surface area contributed by atoms with Gasteiger partial charge in [-0.15, -0.1) is 0 Å². The van der Waals surface area contributed by atoms with Crippen LogP contribution in [0.5, 0.6) is 5.75 Å². The summed E-state index contributed by atoms with van der Waals surface area (Å²) < 4.78 is 12.6. The molecule has 4 aromatic rings. The average Bonchev–Trinajstić information content (AvgIpc) is 3.06. The summed E-state index contributed by atoms with van der Waals surface area (Å²) in [6, 6.07) is 15.5. The molecule has 0 unspecified atom stereocenters. The van der Waals surface area contributed by atoms with Crippen molar-refractivity contribution in [3.8, 4) is 5.75 Å². The molecular weight excluding hydrogens is 404 g/mol. The van der Waals surface area contributed by atoms with Gasteiger partial charge < -0.3 is 19.8 Å². The normalized spacial score (nSPS) is 11.4. The molecule has 0 aliphatic rings. The first-order valence-electron chi connectivity index (χ1n) is 10.8. The molecule has 7 nitrogen and oxygen atoms in total. The summed E-state index contributed by atoms with van der Waals surface area (Å²) in [5.41, 5.74) is 10.4. The fourth-order valence-electron chi connectivity index (χ4n) is 3.64. The number of nitrogens with zero attached hydrogens (tertiary/aromatic N) is 3. The molecule has 0 saturated carbocycles. The number of methoxy groups -OCH3 is 1. The molecule has 7 heteroatoms. The predicted molar refractivity (Wildman–Crippen MR) is 126 cm³/mol. The number of rotatable bonds is 8. The van der Waals surface area contributed by atoms with E-state index in [4.69, 9.17) is 25.2 Å². The van der Waals surface area contributed by atoms with E-state index in [1.54, 1.807) is 7.11 Å². The monoisotopic (exact) mass is 432 g/mol. The number of esters is 1. The first kappa shape index (κ1) is 21.6. The summed E-state index contributed by atoms with van der Waals surface area (Å²) >= 11 is 0. The van der Waals surface area contributed by atoms with Gasteiger partial charge >= 0.3 is 5.97 Å². The number of para-hydroxylation sites is 2. The zero-order chi connectivity index (χ0) is 22.7. The molecule has 0 atom stereocenters. The SMILES string of the molecule is COc1ccc(CCn2c(N)c(C(=O)OCCC(C)C)c3nc4ccccc4nc32)cc1. The van der Waals surface area contributed by atoms with Crippen LogP contribution in [0.25, 0.3) is 22.2 Å². The van der Waals surface area contributed by atoms with Crippen LogP contribution in [0.4, 0.5) is 5.82 Å². The van der Waals surface area contributed by atoms with Crippen LogP contribution in [0.2, 0.25) is 0 Å². The lowest BCUT2D eigenvalue weighted by Gasteiger charge is -2.09. The Labute approximate surface area is 187 Å². The van der Waals surface area contributed by atoms with Crippen molar-refractivity contribution < 1.29 is 14.3 Å². The Morgan fingerprint density at radius 1 is 1.06 bits per heavy atom. The fraction of sp³-hybridized carbons (Fsp3) is 0.320. The highest BCUT2D eigenvalue weighted by molar-refractivity contribution is 6.08. The third-order valence-corrected chi connectivity index (χ3v) is 5.51. The van der Waals surface area contributed by atoms with Gasteiger partial charge in [-0.25, -0.2) is 14.8 Å². The van der Waals surface area contributed by atoms with Gasteiger partial charge in [0.05, 0.1) is 24.8 Å². The van der Waals surface area contributed by atoms with Crippen molar-refractivity contribution in [1.29, 1.82) is 0 Å². The largest absolute Gasteiger partial charge is 0.497 e. The topological polar surface area (TPSA) is 92.3 Å². The van der Waals surface area contributed by atoms with E-state index in [2.05, 4.69) is 13.8 Å². The molecule has 0 aliphatic carbocycles. The molecule has 2 N–H and O–H groups in total. The number of ether oxygens (including phenoxy) is 2. The predicted octanol–water partition coefficient (Wildman–Crippen LogP) is 4.62. The van der Waals surface area contributed by atoms with E-state index < -0.39 is 5.97 Å². The van der Waals surface area contributed by atoms with E-state index >= 15 is 0 Å². The molecule has 0 spiro atoms. The average molecular weight is 433 g/mol. The summed E-state index contributed by atoms with van der Waals surface area (Å²) in [4.78, 5) is 22.5. The second-order valence-corrected chi connectivity index (χ2v) is 8.21. The number of nitrogens with two attached hydrogens (primary N) is 1. The minimum atomic E-state index is -0.457. The molecule has 0 amide bonds. The zero-order valence-corrected chi connectivity index (χ0v) is 18.7. The summed E-state index contributed by atoms with van der Waals surface area (Å²) in [6.45, 7) is 5.08. The van der Waals surface area contributed by atoms with Crippen molar-refractivity contribution in [3.05, 3.63) is 59.7 Å². The molecule has 166 valence electrons. The maximum Gasteiger partial charge on any atom is 0.344 e. The van der Waals surface area contributed by atoms with Gasteiger partial charge in [-0.2, -0.15) is 0 Å². The Balaban J connectivity index is 1.72. The highest BCUT2D eigenvalue weighted by Crippen LogP contribution is 2.29. The zero-order valence-electron chi connectivity index (χ0n) is 18.7. The summed E-state index contributed by atoms with van der Waals surface area (Å²) in [5, 5.41) is 0. The van der Waals surface area contributed by atoms with E-state index in [-0.39, 0.29) is 5.56 Å². The van der Waals surface area contributed by atoms with Crippen LogP contribution in [-0.4, -0.2) is 34.2 Å². The Kier molecular flexibility index (Phi) is 6.25. The van der Waals surface area contributed by atoms with Crippen molar-refractivity contribution in [2.75, 3.05) is 19.5 Å². The lowest BCUT2D eigenvalue weighted by atomic mass is 10.1. The molecule has 2 heterocycles. The van der Waals surface area contributed by atoms with Gasteiger partial charge in [-0.3, -0.25) is 0 Å². The van der Waals surface area contributed by atoms with Crippen LogP contribution < -0.4 is 10.5 Å². The maximum absolute atomic E-state index is 13.0. The standard InChI is InChI=1S/C25H28N4O3/c1-16(2)13-15-32-25(30)21-22-24(28-20-7-5-4-6-19(20)27-22)29(23(21)26)14-12-17-8-10-18(31-3)11-9-17/h4-11,16H,12-15,26H2,1-3H3. The smallest absolute Gasteiger partial charge is 0.344 e. The number of anilines is 1. The van der Waals surface area contributed by atoms with Crippen LogP contribution in [0.15, 0.2) is 48.5 Å². The molecule has 0 bridgehead atoms. The van der Waals surface area contributed by atoms with Gasteiger partial charge in [0.15, 0.2) is 5.65 Å². The van der Waals surface area contributed by atoms with Gasteiger partial charge in [0.2, 0.25) is 0 Å². The Morgan fingerprint density at radius 2 is 1.75 bits per heavy atom. The highest BCUT2D eigenvalue weighted by atomic mass is 16.5. The number of aromatic nitrogens is 3. The van der Waals surface area contributed by atoms with Crippen LogP contribution in [0.3, 0.4) is 0 Å². The number of hydrogen-bond donors (Lipinski definition) is 1. The van der Waals surface area contributed by atoms with Gasteiger partial charge in [-0.05, 0) is 48.6 Å². The fourth-order valence-corrected chi connectivity index (χ4v) is 3.64. The Morgan fingerprint density at radius 3 is 2.41 bits per heavy atom. The van der Waals surface area contributed by atoms with Crippen molar-refractivity contribution in [3.63, 3.8) is 0 Å². The summed E-state index contributed by atoms with van der Waals surface area (Å²) in [5.74, 6) is 1.12. The molecule has 4 rings (SSSR count). The maximum atomic E-state index is 13.0. The lowest BCUT2D eigenvalue weighted by molar-refractivity contribution is 0.0491. The van der Waals surface area contributed by atoms with Crippen LogP contribution in [0, 0.1) is 5.92 Å². The van der Waals surface area contributed by atoms with Crippen molar-refractivity contribution in [2.24, 2.45) is 5.92 Å². The summed E-state index contributed by atoms with van der Waals surface area (Å²) in [6.07, 6.45) is 1.50. The second kappa shape index (κ2) is 9.26. The van der Waals surface area contributed by atoms with Gasteiger partial charge in [0.25, 0.3) is 0 Å². The number of carbonyl (C=O) groups is 1. The van der Waals surface area contributed by atoms with E-state index in [1.165, 1.54) is 0 Å². The quantitative estimate of drug-likeness (QED) is 0.409. The third-order valence-electron chi connectivity index (χ3n) is 5.51. The molecule has 2 aromatic heterocycles. The van der Waals surface area contributed by atoms with E-state index in [0.29, 0.717) is 48.0 Å². The third kappa shape index (κ3) is 4.37. The van der Waals surface area contributed by atoms with E-state index in [0.717, 1.165) is 23.3 Å². The molecule has 0 saturated heterocycles. The van der Waals surface area contributed by atoms with Crippen LogP contribution in [0.1, 0.15) is 36.2 Å². The van der Waals surface area contributed by atoms with Crippen molar-refractivity contribution in [2.45, 2.75) is 33.2 Å². The Bertz CT molecular complexity index is 1250. The van der Waals surface area contributed by atoms with Gasteiger partial charge in [-0.1, -0.05) is 38.1 Å². The molecule has 2 aromatic carbocycles. The molecular formula is C25H28N4O3. The molecule has 0 fully saturated rings. The number of benzene rings is 2. The van der Waals surface area contributed by atoms with E-state index in [1.807, 2.05) is 53.1 Å². The van der Waals surface area contributed by atoms with Crippen molar-refractivity contribution in [1.82, 2.24) is 14.5 Å². The number of nitrogen functional groups attached to an aromatic ring is 1. The number of hydrogen-bond acceptors (Lipinski definition) is 6. The first-order valence-corrected chi connectivity index (χ1v) is 10.8. The number of carbonyl (C=O) groups excluding carboxylic acids is 1. The molecule has 32 heavy (non-hydrogen) atoms. The number of aryl methyl sites for hydroxylation is 2. The van der Waals surface area contributed by atoms with Gasteiger partial charge in [0.1, 0.15) is 22.6 Å². The summed E-state index contributed by atoms with van der Waals surface area (Å²) in [7, 11) is 1.65.